The zero-order valence-corrected chi connectivity index (χ0v) is 12.5. The van der Waals surface area contributed by atoms with Crippen LogP contribution in [0.15, 0.2) is 24.3 Å². The summed E-state index contributed by atoms with van der Waals surface area (Å²) < 4.78 is 6.29. The molecule has 0 spiro atoms. The Morgan fingerprint density at radius 1 is 1.16 bits per heavy atom. The van der Waals surface area contributed by atoms with Gasteiger partial charge in [-0.25, -0.2) is 4.98 Å². The number of hydrogen-bond donors (Lipinski definition) is 1. The molecule has 4 heteroatoms. The lowest BCUT2D eigenvalue weighted by molar-refractivity contribution is 0.242. The summed E-state index contributed by atoms with van der Waals surface area (Å²) in [5.41, 5.74) is 3.11. The van der Waals surface area contributed by atoms with Gasteiger partial charge in [-0.05, 0) is 57.5 Å². The molecule has 1 N–H and O–H groups in total. The van der Waals surface area contributed by atoms with Gasteiger partial charge in [0.25, 0.3) is 0 Å². The normalized spacial score (nSPS) is 10.8. The van der Waals surface area contributed by atoms with Crippen LogP contribution in [0.2, 0.25) is 0 Å². The molecule has 0 fully saturated rings. The van der Waals surface area contributed by atoms with Crippen molar-refractivity contribution < 1.29 is 4.74 Å². The molecule has 0 bridgehead atoms. The molecular weight excluding hydrogens is 256 g/mol. The summed E-state index contributed by atoms with van der Waals surface area (Å²) in [5.74, 6) is 1.70. The van der Waals surface area contributed by atoms with Crippen LogP contribution in [0.4, 0.5) is 0 Å². The molecule has 0 aliphatic rings. The van der Waals surface area contributed by atoms with Crippen LogP contribution in [0.1, 0.15) is 25.2 Å². The van der Waals surface area contributed by atoms with E-state index in [-0.39, 0.29) is 6.10 Å². The van der Waals surface area contributed by atoms with E-state index in [1.54, 1.807) is 0 Å². The second-order valence-corrected chi connectivity index (χ2v) is 5.21. The van der Waals surface area contributed by atoms with E-state index in [0.717, 1.165) is 28.4 Å². The first kappa shape index (κ1) is 13.7. The highest BCUT2D eigenvalue weighted by Gasteiger charge is 2.06. The smallest absolute Gasteiger partial charge is 0.133 e. The van der Waals surface area contributed by atoms with Crippen LogP contribution in [0.3, 0.4) is 0 Å². The molecular formula is C15H18N2OS. The maximum Gasteiger partial charge on any atom is 0.133 e. The summed E-state index contributed by atoms with van der Waals surface area (Å²) >= 11 is 5.26. The Bertz CT molecular complexity index is 630. The monoisotopic (exact) mass is 274 g/mol. The van der Waals surface area contributed by atoms with Crippen molar-refractivity contribution >= 4 is 12.2 Å². The molecule has 1 aromatic heterocycles. The number of nitrogens with zero attached hydrogens (tertiary/aromatic N) is 1. The second-order valence-electron chi connectivity index (χ2n) is 4.82. The van der Waals surface area contributed by atoms with Crippen molar-refractivity contribution in [2.45, 2.75) is 33.8 Å². The highest BCUT2D eigenvalue weighted by molar-refractivity contribution is 7.71. The summed E-state index contributed by atoms with van der Waals surface area (Å²) in [7, 11) is 0. The summed E-state index contributed by atoms with van der Waals surface area (Å²) in [6.07, 6.45) is 0.182. The van der Waals surface area contributed by atoms with Gasteiger partial charge in [-0.15, -0.1) is 0 Å². The molecule has 0 unspecified atom stereocenters. The summed E-state index contributed by atoms with van der Waals surface area (Å²) in [4.78, 5) is 7.53. The molecule has 2 aromatic rings. The standard InChI is InChI=1S/C15H18N2OS/c1-9(2)18-13-7-5-12(6-8-13)14-10(3)15(19)17-11(4)16-14/h5-9H,1-4H3,(H,16,17,19). The number of aryl methyl sites for hydroxylation is 1. The third-order valence-corrected chi connectivity index (χ3v) is 3.18. The fourth-order valence-corrected chi connectivity index (χ4v) is 2.15. The lowest BCUT2D eigenvalue weighted by Crippen LogP contribution is -2.05. The minimum absolute atomic E-state index is 0.182. The molecule has 0 amide bonds. The third-order valence-electron chi connectivity index (χ3n) is 2.79. The van der Waals surface area contributed by atoms with E-state index >= 15 is 0 Å². The molecule has 19 heavy (non-hydrogen) atoms. The number of aromatic amines is 1. The van der Waals surface area contributed by atoms with Crippen LogP contribution in [0, 0.1) is 18.5 Å². The van der Waals surface area contributed by atoms with E-state index in [1.165, 1.54) is 0 Å². The van der Waals surface area contributed by atoms with Crippen molar-refractivity contribution in [2.75, 3.05) is 0 Å². The molecule has 0 atom stereocenters. The minimum Gasteiger partial charge on any atom is -0.491 e. The van der Waals surface area contributed by atoms with Gasteiger partial charge in [-0.1, -0.05) is 12.2 Å². The molecule has 2 rings (SSSR count). The predicted octanol–water partition coefficient (Wildman–Crippen LogP) is 4.21. The molecule has 0 saturated carbocycles. The highest BCUT2D eigenvalue weighted by atomic mass is 32.1. The van der Waals surface area contributed by atoms with E-state index in [1.807, 2.05) is 52.0 Å². The quantitative estimate of drug-likeness (QED) is 0.852. The molecule has 0 radical (unpaired) electrons. The van der Waals surface area contributed by atoms with Crippen LogP contribution in [-0.2, 0) is 0 Å². The fraction of sp³-hybridized carbons (Fsp3) is 0.333. The molecule has 0 saturated heterocycles. The molecule has 100 valence electrons. The van der Waals surface area contributed by atoms with Gasteiger partial charge in [0.1, 0.15) is 16.2 Å². The fourth-order valence-electron chi connectivity index (χ4n) is 1.91. The zero-order chi connectivity index (χ0) is 14.0. The second kappa shape index (κ2) is 5.53. The predicted molar refractivity (Wildman–Crippen MR) is 80.1 cm³/mol. The van der Waals surface area contributed by atoms with Crippen LogP contribution < -0.4 is 4.74 Å². The van der Waals surface area contributed by atoms with Crippen LogP contribution in [-0.4, -0.2) is 16.1 Å². The van der Waals surface area contributed by atoms with Crippen molar-refractivity contribution in [2.24, 2.45) is 0 Å². The van der Waals surface area contributed by atoms with Crippen molar-refractivity contribution in [3.05, 3.63) is 40.3 Å². The Labute approximate surface area is 118 Å². The SMILES string of the molecule is Cc1nc(=S)c(C)c(-c2ccc(OC(C)C)cc2)[nH]1. The van der Waals surface area contributed by atoms with Crippen molar-refractivity contribution in [3.63, 3.8) is 0 Å². The Hall–Kier alpha value is -1.68. The number of rotatable bonds is 3. The van der Waals surface area contributed by atoms with Gasteiger partial charge < -0.3 is 9.72 Å². The number of ether oxygens (including phenoxy) is 1. The molecule has 1 aromatic carbocycles. The van der Waals surface area contributed by atoms with E-state index in [4.69, 9.17) is 17.0 Å². The Morgan fingerprint density at radius 2 is 1.79 bits per heavy atom. The van der Waals surface area contributed by atoms with E-state index in [0.29, 0.717) is 4.64 Å². The number of hydrogen-bond acceptors (Lipinski definition) is 3. The van der Waals surface area contributed by atoms with Crippen LogP contribution >= 0.6 is 12.2 Å². The highest BCUT2D eigenvalue weighted by Crippen LogP contribution is 2.24. The number of benzene rings is 1. The van der Waals surface area contributed by atoms with E-state index in [9.17, 15) is 0 Å². The summed E-state index contributed by atoms with van der Waals surface area (Å²) in [5, 5.41) is 0. The van der Waals surface area contributed by atoms with Gasteiger partial charge in [0, 0.05) is 5.56 Å². The Balaban J connectivity index is 2.40. The number of aromatic nitrogens is 2. The molecule has 3 nitrogen and oxygen atoms in total. The van der Waals surface area contributed by atoms with Crippen LogP contribution in [0.5, 0.6) is 5.75 Å². The molecule has 1 heterocycles. The lowest BCUT2D eigenvalue weighted by Gasteiger charge is -2.11. The zero-order valence-electron chi connectivity index (χ0n) is 11.7. The maximum absolute atomic E-state index is 5.64. The van der Waals surface area contributed by atoms with Crippen LogP contribution in [0.25, 0.3) is 11.3 Å². The summed E-state index contributed by atoms with van der Waals surface area (Å²) in [6, 6.07) is 8.01. The first-order valence-corrected chi connectivity index (χ1v) is 6.73. The van der Waals surface area contributed by atoms with Crippen molar-refractivity contribution in [1.29, 1.82) is 0 Å². The molecule has 0 aliphatic carbocycles. The largest absolute Gasteiger partial charge is 0.491 e. The van der Waals surface area contributed by atoms with Gasteiger partial charge in [0.05, 0.1) is 11.8 Å². The van der Waals surface area contributed by atoms with Gasteiger partial charge >= 0.3 is 0 Å². The average molecular weight is 274 g/mol. The number of H-pyrrole nitrogens is 1. The van der Waals surface area contributed by atoms with Gasteiger partial charge in [0.15, 0.2) is 0 Å². The average Bonchev–Trinajstić information content (AvgIpc) is 2.34. The number of nitrogens with one attached hydrogen (secondary N) is 1. The van der Waals surface area contributed by atoms with Gasteiger partial charge in [0.2, 0.25) is 0 Å². The minimum atomic E-state index is 0.182. The first-order chi connectivity index (χ1) is 8.97. The Kier molecular flexibility index (Phi) is 4.00. The summed E-state index contributed by atoms with van der Waals surface area (Å²) in [6.45, 7) is 7.93. The maximum atomic E-state index is 5.64. The lowest BCUT2D eigenvalue weighted by atomic mass is 10.1. The Morgan fingerprint density at radius 3 is 2.37 bits per heavy atom. The van der Waals surface area contributed by atoms with E-state index in [2.05, 4.69) is 9.97 Å². The first-order valence-electron chi connectivity index (χ1n) is 6.32. The van der Waals surface area contributed by atoms with E-state index < -0.39 is 0 Å². The van der Waals surface area contributed by atoms with Gasteiger partial charge in [-0.2, -0.15) is 0 Å². The molecule has 0 aliphatic heterocycles. The third kappa shape index (κ3) is 3.20. The van der Waals surface area contributed by atoms with Crippen molar-refractivity contribution in [3.8, 4) is 17.0 Å². The van der Waals surface area contributed by atoms with Gasteiger partial charge in [-0.3, -0.25) is 0 Å². The van der Waals surface area contributed by atoms with Crippen molar-refractivity contribution in [1.82, 2.24) is 9.97 Å². The topological polar surface area (TPSA) is 37.9 Å².